The molecule has 0 amide bonds. The first-order valence-corrected chi connectivity index (χ1v) is 10.2. The Hall–Kier alpha value is -2.67. The van der Waals surface area contributed by atoms with Gasteiger partial charge in [-0.2, -0.15) is 5.10 Å². The zero-order chi connectivity index (χ0) is 18.8. The van der Waals surface area contributed by atoms with Crippen LogP contribution in [0.3, 0.4) is 0 Å². The molecule has 3 heterocycles. The van der Waals surface area contributed by atoms with Crippen LogP contribution < -0.4 is 9.64 Å². The van der Waals surface area contributed by atoms with Crippen LogP contribution in [0.4, 0.5) is 5.69 Å². The number of nitrogens with zero attached hydrogens (tertiary/aromatic N) is 6. The highest BCUT2D eigenvalue weighted by molar-refractivity contribution is 5.86. The Kier molecular flexibility index (Phi) is 4.83. The van der Waals surface area contributed by atoms with Crippen LogP contribution in [0.25, 0.3) is 10.9 Å². The standard InChI is InChI=1S/C21H26N6O/c1-3-18(4-1)28-21-19-15-17(5-6-20(19)22-16-23-21)26-12-9-25(10-13-26)11-14-27-8-2-7-24-27/h2,5-8,15-16,18H,1,3-4,9-14H2. The van der Waals surface area contributed by atoms with E-state index in [0.717, 1.165) is 68.9 Å². The molecule has 5 rings (SSSR count). The zero-order valence-corrected chi connectivity index (χ0v) is 16.1. The highest BCUT2D eigenvalue weighted by atomic mass is 16.5. The maximum atomic E-state index is 6.10. The van der Waals surface area contributed by atoms with E-state index in [4.69, 9.17) is 4.74 Å². The lowest BCUT2D eigenvalue weighted by atomic mass is 9.96. The van der Waals surface area contributed by atoms with Gasteiger partial charge in [0.2, 0.25) is 5.88 Å². The first kappa shape index (κ1) is 17.4. The van der Waals surface area contributed by atoms with E-state index in [9.17, 15) is 0 Å². The summed E-state index contributed by atoms with van der Waals surface area (Å²) in [6, 6.07) is 8.43. The van der Waals surface area contributed by atoms with Gasteiger partial charge in [-0.1, -0.05) is 0 Å². The minimum Gasteiger partial charge on any atom is -0.474 e. The minimum absolute atomic E-state index is 0.320. The van der Waals surface area contributed by atoms with Crippen molar-refractivity contribution in [1.29, 1.82) is 0 Å². The fraction of sp³-hybridized carbons (Fsp3) is 0.476. The molecule has 0 bridgehead atoms. The Morgan fingerprint density at radius 2 is 1.93 bits per heavy atom. The fourth-order valence-corrected chi connectivity index (χ4v) is 3.86. The average Bonchev–Trinajstić information content (AvgIpc) is 3.23. The van der Waals surface area contributed by atoms with Crippen molar-refractivity contribution in [2.24, 2.45) is 0 Å². The number of rotatable bonds is 6. The third-order valence-corrected chi connectivity index (χ3v) is 5.85. The summed E-state index contributed by atoms with van der Waals surface area (Å²) < 4.78 is 8.10. The number of benzene rings is 1. The normalized spacial score (nSPS) is 18.4. The quantitative estimate of drug-likeness (QED) is 0.657. The second-order valence-electron chi connectivity index (χ2n) is 7.65. The molecule has 28 heavy (non-hydrogen) atoms. The predicted molar refractivity (Wildman–Crippen MR) is 109 cm³/mol. The van der Waals surface area contributed by atoms with Gasteiger partial charge in [-0.15, -0.1) is 0 Å². The van der Waals surface area contributed by atoms with E-state index in [1.807, 2.05) is 23.1 Å². The molecule has 2 aliphatic rings. The van der Waals surface area contributed by atoms with Crippen molar-refractivity contribution >= 4 is 16.6 Å². The molecule has 1 aliphatic heterocycles. The molecule has 3 aromatic rings. The second-order valence-corrected chi connectivity index (χ2v) is 7.65. The molecule has 1 aliphatic carbocycles. The summed E-state index contributed by atoms with van der Waals surface area (Å²) >= 11 is 0. The minimum atomic E-state index is 0.320. The van der Waals surface area contributed by atoms with Gasteiger partial charge in [-0.05, 0) is 43.5 Å². The molecule has 0 unspecified atom stereocenters. The predicted octanol–water partition coefficient (Wildman–Crippen LogP) is 2.58. The molecule has 1 aromatic carbocycles. The molecule has 7 heteroatoms. The molecule has 1 saturated carbocycles. The number of aromatic nitrogens is 4. The molecule has 0 spiro atoms. The van der Waals surface area contributed by atoms with Gasteiger partial charge in [0, 0.05) is 50.8 Å². The van der Waals surface area contributed by atoms with Gasteiger partial charge in [0.25, 0.3) is 0 Å². The average molecular weight is 378 g/mol. The number of hydrogen-bond donors (Lipinski definition) is 0. The van der Waals surface area contributed by atoms with E-state index in [2.05, 4.69) is 43.1 Å². The monoisotopic (exact) mass is 378 g/mol. The van der Waals surface area contributed by atoms with Crippen LogP contribution in [-0.4, -0.2) is 63.5 Å². The van der Waals surface area contributed by atoms with Crippen molar-refractivity contribution in [3.63, 3.8) is 0 Å². The molecule has 2 fully saturated rings. The Labute approximate surface area is 164 Å². The first-order chi connectivity index (χ1) is 13.8. The topological polar surface area (TPSA) is 59.3 Å². The summed E-state index contributed by atoms with van der Waals surface area (Å²) in [5, 5.41) is 5.31. The molecule has 2 aromatic heterocycles. The molecule has 0 N–H and O–H groups in total. The van der Waals surface area contributed by atoms with Crippen molar-refractivity contribution in [2.75, 3.05) is 37.6 Å². The van der Waals surface area contributed by atoms with E-state index < -0.39 is 0 Å². The molecule has 7 nitrogen and oxygen atoms in total. The van der Waals surface area contributed by atoms with Crippen LogP contribution >= 0.6 is 0 Å². The lowest BCUT2D eigenvalue weighted by Crippen LogP contribution is -2.47. The molecule has 1 saturated heterocycles. The number of fused-ring (bicyclic) bond motifs is 1. The third-order valence-electron chi connectivity index (χ3n) is 5.85. The number of ether oxygens (including phenoxy) is 1. The lowest BCUT2D eigenvalue weighted by Gasteiger charge is -2.36. The van der Waals surface area contributed by atoms with Crippen LogP contribution in [0.1, 0.15) is 19.3 Å². The van der Waals surface area contributed by atoms with Crippen molar-refractivity contribution < 1.29 is 4.74 Å². The zero-order valence-electron chi connectivity index (χ0n) is 16.1. The summed E-state index contributed by atoms with van der Waals surface area (Å²) in [6.45, 7) is 6.17. The first-order valence-electron chi connectivity index (χ1n) is 10.2. The van der Waals surface area contributed by atoms with Crippen LogP contribution in [0, 0.1) is 0 Å². The molecule has 146 valence electrons. The van der Waals surface area contributed by atoms with E-state index >= 15 is 0 Å². The Morgan fingerprint density at radius 3 is 2.68 bits per heavy atom. The number of anilines is 1. The number of piperazine rings is 1. The van der Waals surface area contributed by atoms with E-state index in [0.29, 0.717) is 6.10 Å². The highest BCUT2D eigenvalue weighted by Gasteiger charge is 2.22. The van der Waals surface area contributed by atoms with Crippen LogP contribution in [0.2, 0.25) is 0 Å². The van der Waals surface area contributed by atoms with Crippen molar-refractivity contribution in [3.8, 4) is 5.88 Å². The smallest absolute Gasteiger partial charge is 0.224 e. The van der Waals surface area contributed by atoms with Gasteiger partial charge in [-0.3, -0.25) is 9.58 Å². The summed E-state index contributed by atoms with van der Waals surface area (Å²) in [5.74, 6) is 0.731. The molecule has 0 radical (unpaired) electrons. The van der Waals surface area contributed by atoms with Gasteiger partial charge >= 0.3 is 0 Å². The van der Waals surface area contributed by atoms with Gasteiger partial charge < -0.3 is 9.64 Å². The maximum Gasteiger partial charge on any atom is 0.224 e. The van der Waals surface area contributed by atoms with Gasteiger partial charge in [0.15, 0.2) is 0 Å². The highest BCUT2D eigenvalue weighted by Crippen LogP contribution is 2.31. The van der Waals surface area contributed by atoms with E-state index in [-0.39, 0.29) is 0 Å². The third kappa shape index (κ3) is 3.67. The molecular formula is C21H26N6O. The summed E-state index contributed by atoms with van der Waals surface area (Å²) in [7, 11) is 0. The van der Waals surface area contributed by atoms with Crippen molar-refractivity contribution in [2.45, 2.75) is 31.9 Å². The lowest BCUT2D eigenvalue weighted by molar-refractivity contribution is 0.116. The van der Waals surface area contributed by atoms with E-state index in [1.54, 1.807) is 6.33 Å². The Bertz CT molecular complexity index is 916. The number of hydrogen-bond acceptors (Lipinski definition) is 6. The maximum absolute atomic E-state index is 6.10. The summed E-state index contributed by atoms with van der Waals surface area (Å²) in [5.41, 5.74) is 2.18. The van der Waals surface area contributed by atoms with Crippen LogP contribution in [0.15, 0.2) is 43.0 Å². The van der Waals surface area contributed by atoms with Crippen LogP contribution in [0.5, 0.6) is 5.88 Å². The van der Waals surface area contributed by atoms with Crippen LogP contribution in [-0.2, 0) is 6.54 Å². The fourth-order valence-electron chi connectivity index (χ4n) is 3.86. The molecular weight excluding hydrogens is 352 g/mol. The Morgan fingerprint density at radius 1 is 1.04 bits per heavy atom. The largest absolute Gasteiger partial charge is 0.474 e. The van der Waals surface area contributed by atoms with Gasteiger partial charge in [-0.25, -0.2) is 9.97 Å². The van der Waals surface area contributed by atoms with Gasteiger partial charge in [0.1, 0.15) is 12.4 Å². The van der Waals surface area contributed by atoms with Gasteiger partial charge in [0.05, 0.1) is 17.4 Å². The van der Waals surface area contributed by atoms with Crippen molar-refractivity contribution in [3.05, 3.63) is 43.0 Å². The summed E-state index contributed by atoms with van der Waals surface area (Å²) in [4.78, 5) is 13.8. The SMILES string of the molecule is c1cnn(CCN2CCN(c3ccc4ncnc(OC5CCC5)c4c3)CC2)c1. The summed E-state index contributed by atoms with van der Waals surface area (Å²) in [6.07, 6.45) is 9.30. The second kappa shape index (κ2) is 7.75. The Balaban J connectivity index is 1.25. The molecule has 0 atom stereocenters. The van der Waals surface area contributed by atoms with E-state index in [1.165, 1.54) is 12.1 Å². The van der Waals surface area contributed by atoms with Crippen molar-refractivity contribution in [1.82, 2.24) is 24.6 Å².